The van der Waals surface area contributed by atoms with E-state index in [0.29, 0.717) is 6.54 Å². The summed E-state index contributed by atoms with van der Waals surface area (Å²) in [5.41, 5.74) is 2.07. The lowest BCUT2D eigenvalue weighted by molar-refractivity contribution is 0.280. The molecule has 1 heterocycles. The second-order valence-electron chi connectivity index (χ2n) is 5.64. The Labute approximate surface area is 157 Å². The summed E-state index contributed by atoms with van der Waals surface area (Å²) < 4.78 is 20.1. The first kappa shape index (κ1) is 18.3. The van der Waals surface area contributed by atoms with Gasteiger partial charge in [0.2, 0.25) is 5.88 Å². The minimum atomic E-state index is -0.321. The summed E-state index contributed by atoms with van der Waals surface area (Å²) in [5.74, 6) is -0.148. The van der Waals surface area contributed by atoms with Gasteiger partial charge in [-0.25, -0.2) is 9.37 Å². The zero-order chi connectivity index (χ0) is 18.5. The molecule has 26 heavy (non-hydrogen) atoms. The van der Waals surface area contributed by atoms with Gasteiger partial charge in [-0.1, -0.05) is 36.4 Å². The Hall–Kier alpha value is -2.51. The molecule has 0 spiro atoms. The predicted octanol–water partition coefficient (Wildman–Crippen LogP) is 3.26. The average Bonchev–Trinajstić information content (AvgIpc) is 2.66. The Kier molecular flexibility index (Phi) is 5.80. The van der Waals surface area contributed by atoms with Crippen LogP contribution in [-0.4, -0.2) is 14.7 Å². The molecule has 0 unspecified atom stereocenters. The third-order valence-electron chi connectivity index (χ3n) is 3.87. The van der Waals surface area contributed by atoms with E-state index in [0.717, 1.165) is 16.7 Å². The lowest BCUT2D eigenvalue weighted by Gasteiger charge is -2.12. The maximum atomic E-state index is 12.9. The van der Waals surface area contributed by atoms with Crippen molar-refractivity contribution in [3.63, 3.8) is 0 Å². The minimum absolute atomic E-state index is 0.0988. The van der Waals surface area contributed by atoms with E-state index in [9.17, 15) is 14.3 Å². The normalized spacial score (nSPS) is 10.7. The van der Waals surface area contributed by atoms with Crippen LogP contribution in [0.1, 0.15) is 16.7 Å². The van der Waals surface area contributed by atoms with Gasteiger partial charge in [-0.05, 0) is 44.8 Å². The number of ether oxygens (including phenoxy) is 1. The Morgan fingerprint density at radius 1 is 1.12 bits per heavy atom. The second-order valence-corrected chi connectivity index (χ2v) is 6.43. The monoisotopic (exact) mass is 418 g/mol. The van der Waals surface area contributed by atoms with Crippen molar-refractivity contribution >= 4 is 15.9 Å². The maximum absolute atomic E-state index is 12.9. The van der Waals surface area contributed by atoms with Crippen LogP contribution in [0, 0.1) is 5.82 Å². The van der Waals surface area contributed by atoms with Gasteiger partial charge < -0.3 is 9.84 Å². The number of nitrogens with zero attached hydrogens (tertiary/aromatic N) is 2. The fraction of sp³-hybridized carbons (Fsp3) is 0.158. The summed E-state index contributed by atoms with van der Waals surface area (Å²) >= 11 is 3.23. The molecule has 5 nitrogen and oxygen atoms in total. The van der Waals surface area contributed by atoms with E-state index in [-0.39, 0.29) is 34.9 Å². The van der Waals surface area contributed by atoms with Crippen LogP contribution in [-0.2, 0) is 19.8 Å². The SMILES string of the molecule is O=c1c(Br)c(OCc2ccc(F)cc2)ncn1Cc1ccccc1CO. The molecule has 3 aromatic rings. The highest BCUT2D eigenvalue weighted by Crippen LogP contribution is 2.19. The number of rotatable bonds is 6. The fourth-order valence-corrected chi connectivity index (χ4v) is 2.89. The number of aliphatic hydroxyl groups is 1. The Morgan fingerprint density at radius 2 is 1.81 bits per heavy atom. The van der Waals surface area contributed by atoms with E-state index in [1.165, 1.54) is 23.0 Å². The van der Waals surface area contributed by atoms with Crippen LogP contribution in [0.4, 0.5) is 4.39 Å². The number of hydrogen-bond acceptors (Lipinski definition) is 4. The molecule has 0 atom stereocenters. The molecular weight excluding hydrogens is 403 g/mol. The van der Waals surface area contributed by atoms with Crippen LogP contribution in [0.25, 0.3) is 0 Å². The Balaban J connectivity index is 1.78. The first-order chi connectivity index (χ1) is 12.6. The smallest absolute Gasteiger partial charge is 0.271 e. The van der Waals surface area contributed by atoms with Gasteiger partial charge in [-0.15, -0.1) is 0 Å². The summed E-state index contributed by atoms with van der Waals surface area (Å²) in [6.07, 6.45) is 1.40. The van der Waals surface area contributed by atoms with Gasteiger partial charge in [0, 0.05) is 0 Å². The highest BCUT2D eigenvalue weighted by Gasteiger charge is 2.12. The fourth-order valence-electron chi connectivity index (χ4n) is 2.44. The first-order valence-electron chi connectivity index (χ1n) is 7.88. The van der Waals surface area contributed by atoms with Crippen LogP contribution >= 0.6 is 15.9 Å². The van der Waals surface area contributed by atoms with Crippen molar-refractivity contribution in [1.29, 1.82) is 0 Å². The van der Waals surface area contributed by atoms with Crippen molar-refractivity contribution in [2.75, 3.05) is 0 Å². The zero-order valence-electron chi connectivity index (χ0n) is 13.7. The van der Waals surface area contributed by atoms with Crippen molar-refractivity contribution in [2.24, 2.45) is 0 Å². The standard InChI is InChI=1S/C19H16BrFN2O3/c20-17-18(26-11-13-5-7-16(21)8-6-13)22-12-23(19(17)25)9-14-3-1-2-4-15(14)10-24/h1-8,12,24H,9-11H2. The van der Waals surface area contributed by atoms with Gasteiger partial charge in [0.05, 0.1) is 13.2 Å². The molecular formula is C19H16BrFN2O3. The first-order valence-corrected chi connectivity index (χ1v) is 8.67. The number of halogens is 2. The van der Waals surface area contributed by atoms with Crippen LogP contribution < -0.4 is 10.3 Å². The molecule has 0 saturated carbocycles. The molecule has 1 aromatic heterocycles. The molecule has 0 aliphatic rings. The largest absolute Gasteiger partial charge is 0.472 e. The molecule has 0 bridgehead atoms. The number of aromatic nitrogens is 2. The van der Waals surface area contributed by atoms with Crippen molar-refractivity contribution in [1.82, 2.24) is 9.55 Å². The van der Waals surface area contributed by atoms with Crippen LogP contribution in [0.5, 0.6) is 5.88 Å². The minimum Gasteiger partial charge on any atom is -0.472 e. The number of hydrogen-bond donors (Lipinski definition) is 1. The molecule has 0 amide bonds. The van der Waals surface area contributed by atoms with E-state index in [2.05, 4.69) is 20.9 Å². The molecule has 134 valence electrons. The second kappa shape index (κ2) is 8.25. The molecule has 3 rings (SSSR count). The van der Waals surface area contributed by atoms with Gasteiger partial charge in [0.1, 0.15) is 23.2 Å². The topological polar surface area (TPSA) is 64.3 Å². The van der Waals surface area contributed by atoms with Crippen LogP contribution in [0.2, 0.25) is 0 Å². The molecule has 0 radical (unpaired) electrons. The quantitative estimate of drug-likeness (QED) is 0.667. The van der Waals surface area contributed by atoms with Gasteiger partial charge in [-0.3, -0.25) is 9.36 Å². The van der Waals surface area contributed by atoms with E-state index in [4.69, 9.17) is 4.74 Å². The number of aliphatic hydroxyl groups excluding tert-OH is 1. The summed E-state index contributed by atoms with van der Waals surface area (Å²) in [7, 11) is 0. The molecule has 7 heteroatoms. The van der Waals surface area contributed by atoms with Crippen molar-refractivity contribution in [3.8, 4) is 5.88 Å². The molecule has 0 aliphatic heterocycles. The average molecular weight is 419 g/mol. The van der Waals surface area contributed by atoms with E-state index in [1.807, 2.05) is 24.3 Å². The maximum Gasteiger partial charge on any atom is 0.271 e. The lowest BCUT2D eigenvalue weighted by atomic mass is 10.1. The zero-order valence-corrected chi connectivity index (χ0v) is 15.3. The summed E-state index contributed by atoms with van der Waals surface area (Å²) in [5, 5.41) is 9.40. The van der Waals surface area contributed by atoms with Gasteiger partial charge in [0.25, 0.3) is 5.56 Å². The van der Waals surface area contributed by atoms with Crippen molar-refractivity contribution < 1.29 is 14.2 Å². The Bertz CT molecular complexity index is 958. The summed E-state index contributed by atoms with van der Waals surface area (Å²) in [6.45, 7) is 0.362. The van der Waals surface area contributed by atoms with Gasteiger partial charge in [0.15, 0.2) is 0 Å². The third kappa shape index (κ3) is 4.17. The molecule has 0 fully saturated rings. The predicted molar refractivity (Wildman–Crippen MR) is 98.4 cm³/mol. The molecule has 1 N–H and O–H groups in total. The lowest BCUT2D eigenvalue weighted by Crippen LogP contribution is -2.23. The van der Waals surface area contributed by atoms with Gasteiger partial charge in [-0.2, -0.15) is 0 Å². The molecule has 0 aliphatic carbocycles. The summed E-state index contributed by atoms with van der Waals surface area (Å²) in [6, 6.07) is 13.2. The third-order valence-corrected chi connectivity index (χ3v) is 4.55. The molecule has 2 aromatic carbocycles. The summed E-state index contributed by atoms with van der Waals surface area (Å²) in [4.78, 5) is 16.7. The van der Waals surface area contributed by atoms with Crippen LogP contribution in [0.15, 0.2) is 64.1 Å². The van der Waals surface area contributed by atoms with Crippen molar-refractivity contribution in [3.05, 3.63) is 92.2 Å². The highest BCUT2D eigenvalue weighted by molar-refractivity contribution is 9.10. The van der Waals surface area contributed by atoms with E-state index < -0.39 is 0 Å². The van der Waals surface area contributed by atoms with E-state index >= 15 is 0 Å². The van der Waals surface area contributed by atoms with E-state index in [1.54, 1.807) is 12.1 Å². The van der Waals surface area contributed by atoms with Crippen LogP contribution in [0.3, 0.4) is 0 Å². The molecule has 0 saturated heterocycles. The number of benzene rings is 2. The Morgan fingerprint density at radius 3 is 2.50 bits per heavy atom. The highest BCUT2D eigenvalue weighted by atomic mass is 79.9. The van der Waals surface area contributed by atoms with Crippen molar-refractivity contribution in [2.45, 2.75) is 19.8 Å². The van der Waals surface area contributed by atoms with Gasteiger partial charge >= 0.3 is 0 Å².